The second-order valence-corrected chi connectivity index (χ2v) is 10.5. The predicted octanol–water partition coefficient (Wildman–Crippen LogP) is 6.77. The van der Waals surface area contributed by atoms with Crippen molar-refractivity contribution in [2.45, 2.75) is 50.3 Å². The number of alkyl halides is 9. The van der Waals surface area contributed by atoms with Crippen molar-refractivity contribution in [3.8, 4) is 0 Å². The first kappa shape index (κ1) is 35.2. The van der Waals surface area contributed by atoms with Crippen molar-refractivity contribution < 1.29 is 54.2 Å². The van der Waals surface area contributed by atoms with Crippen LogP contribution in [-0.4, -0.2) is 59.8 Å². The molecule has 1 amide bonds. The minimum atomic E-state index is -5.08. The van der Waals surface area contributed by atoms with Crippen molar-refractivity contribution in [1.29, 1.82) is 0 Å². The maximum absolute atomic E-state index is 13.1. The fraction of sp³-hybridized carbons (Fsp3) is 0.429. The van der Waals surface area contributed by atoms with Crippen LogP contribution in [0.5, 0.6) is 0 Å². The molecule has 1 aliphatic rings. The summed E-state index contributed by atoms with van der Waals surface area (Å²) < 4.78 is 110. The summed E-state index contributed by atoms with van der Waals surface area (Å²) in [6.45, 7) is 0.153. The van der Waals surface area contributed by atoms with Crippen LogP contribution in [0.4, 0.5) is 51.3 Å². The zero-order valence-corrected chi connectivity index (χ0v) is 23.7. The molecule has 1 heterocycles. The number of amides is 1. The average Bonchev–Trinajstić information content (AvgIpc) is 2.94. The number of halogens is 9. The number of hydrogen-bond acceptors (Lipinski definition) is 6. The van der Waals surface area contributed by atoms with Crippen LogP contribution in [0.2, 0.25) is 0 Å². The number of nitrogens with one attached hydrogen (secondary N) is 2. The highest BCUT2D eigenvalue weighted by atomic mass is 19.4. The van der Waals surface area contributed by atoms with Crippen molar-refractivity contribution >= 4 is 34.5 Å². The molecule has 1 saturated carbocycles. The molecule has 0 aliphatic heterocycles. The van der Waals surface area contributed by atoms with E-state index in [2.05, 4.69) is 20.6 Å². The van der Waals surface area contributed by atoms with Crippen LogP contribution in [0, 0.1) is 5.92 Å². The van der Waals surface area contributed by atoms with Crippen molar-refractivity contribution in [3.05, 3.63) is 59.2 Å². The van der Waals surface area contributed by atoms with Crippen LogP contribution >= 0.6 is 0 Å². The second-order valence-electron chi connectivity index (χ2n) is 10.5. The minimum Gasteiger partial charge on any atom is -0.475 e. The number of para-hydroxylation sites is 1. The molecule has 3 aromatic rings. The fourth-order valence-corrected chi connectivity index (χ4v) is 4.58. The molecule has 0 atom stereocenters. The van der Waals surface area contributed by atoms with Gasteiger partial charge in [0, 0.05) is 37.6 Å². The largest absolute Gasteiger partial charge is 0.490 e. The van der Waals surface area contributed by atoms with Crippen molar-refractivity contribution in [1.82, 2.24) is 15.3 Å². The number of carbonyl (C=O) groups excluding carboxylic acids is 1. The van der Waals surface area contributed by atoms with Crippen LogP contribution in [0.15, 0.2) is 42.5 Å². The number of rotatable bonds is 6. The lowest BCUT2D eigenvalue weighted by Crippen LogP contribution is -2.34. The molecular formula is C28H28F9N5O3. The van der Waals surface area contributed by atoms with E-state index in [0.717, 1.165) is 29.6 Å². The molecule has 0 unspecified atom stereocenters. The van der Waals surface area contributed by atoms with Gasteiger partial charge in [0.05, 0.1) is 16.6 Å². The Morgan fingerprint density at radius 3 is 1.89 bits per heavy atom. The lowest BCUT2D eigenvalue weighted by molar-refractivity contribution is -0.192. The molecule has 0 spiro atoms. The fourth-order valence-electron chi connectivity index (χ4n) is 4.58. The van der Waals surface area contributed by atoms with E-state index >= 15 is 0 Å². The molecule has 1 fully saturated rings. The van der Waals surface area contributed by atoms with Gasteiger partial charge >= 0.3 is 24.5 Å². The molecule has 246 valence electrons. The number of benzene rings is 2. The van der Waals surface area contributed by atoms with E-state index in [0.29, 0.717) is 30.9 Å². The maximum atomic E-state index is 13.1. The molecular weight excluding hydrogens is 625 g/mol. The Morgan fingerprint density at radius 2 is 1.40 bits per heavy atom. The van der Waals surface area contributed by atoms with Gasteiger partial charge in [0.15, 0.2) is 0 Å². The van der Waals surface area contributed by atoms with E-state index in [4.69, 9.17) is 9.90 Å². The molecule has 17 heteroatoms. The van der Waals surface area contributed by atoms with Gasteiger partial charge in [0.25, 0.3) is 5.91 Å². The quantitative estimate of drug-likeness (QED) is 0.252. The minimum absolute atomic E-state index is 0.00576. The molecule has 1 aliphatic carbocycles. The molecule has 0 bridgehead atoms. The molecule has 2 aromatic carbocycles. The Labute approximate surface area is 250 Å². The zero-order valence-electron chi connectivity index (χ0n) is 23.7. The number of carboxylic acid groups (broad SMARTS) is 1. The van der Waals surface area contributed by atoms with Crippen molar-refractivity contribution in [3.63, 3.8) is 0 Å². The highest BCUT2D eigenvalue weighted by Crippen LogP contribution is 2.36. The predicted molar refractivity (Wildman–Crippen MR) is 146 cm³/mol. The van der Waals surface area contributed by atoms with Crippen LogP contribution in [0.3, 0.4) is 0 Å². The molecule has 1 aromatic heterocycles. The van der Waals surface area contributed by atoms with Crippen molar-refractivity contribution in [2.75, 3.05) is 30.9 Å². The summed E-state index contributed by atoms with van der Waals surface area (Å²) in [5.74, 6) is -2.39. The summed E-state index contributed by atoms with van der Waals surface area (Å²) in [6, 6.07) is 8.68. The van der Waals surface area contributed by atoms with Gasteiger partial charge in [-0.3, -0.25) is 4.79 Å². The lowest BCUT2D eigenvalue weighted by Gasteiger charge is -2.29. The third-order valence-electron chi connectivity index (χ3n) is 6.83. The van der Waals surface area contributed by atoms with Gasteiger partial charge < -0.3 is 20.6 Å². The van der Waals surface area contributed by atoms with Crippen LogP contribution in [0.25, 0.3) is 10.9 Å². The van der Waals surface area contributed by atoms with E-state index in [1.807, 2.05) is 43.3 Å². The van der Waals surface area contributed by atoms with Gasteiger partial charge in [-0.15, -0.1) is 0 Å². The number of carboxylic acids is 1. The Morgan fingerprint density at radius 1 is 0.867 bits per heavy atom. The first-order valence-electron chi connectivity index (χ1n) is 13.3. The van der Waals surface area contributed by atoms with E-state index < -0.39 is 47.1 Å². The molecule has 0 radical (unpaired) electrons. The van der Waals surface area contributed by atoms with Gasteiger partial charge in [-0.2, -0.15) is 44.5 Å². The van der Waals surface area contributed by atoms with Gasteiger partial charge in [0.2, 0.25) is 5.95 Å². The summed E-state index contributed by atoms with van der Waals surface area (Å²) >= 11 is 0. The summed E-state index contributed by atoms with van der Waals surface area (Å²) in [5, 5.41) is 13.9. The van der Waals surface area contributed by atoms with Crippen LogP contribution < -0.4 is 15.5 Å². The number of hydrogen-bond donors (Lipinski definition) is 3. The molecule has 0 saturated heterocycles. The number of aromatic nitrogens is 2. The molecule has 4 rings (SSSR count). The Hall–Kier alpha value is -4.31. The molecule has 8 nitrogen and oxygen atoms in total. The third-order valence-corrected chi connectivity index (χ3v) is 6.83. The number of nitrogens with zero attached hydrogens (tertiary/aromatic N) is 3. The number of fused-ring (bicyclic) bond motifs is 1. The summed E-state index contributed by atoms with van der Waals surface area (Å²) in [6.07, 6.45) is -12.2. The smallest absolute Gasteiger partial charge is 0.475 e. The van der Waals surface area contributed by atoms with Gasteiger partial charge in [-0.25, -0.2) is 9.78 Å². The second kappa shape index (κ2) is 13.8. The Kier molecular flexibility index (Phi) is 10.8. The average molecular weight is 654 g/mol. The number of aliphatic carboxylic acids is 1. The lowest BCUT2D eigenvalue weighted by atomic mass is 9.86. The molecule has 3 N–H and O–H groups in total. The third kappa shape index (κ3) is 9.84. The van der Waals surface area contributed by atoms with Gasteiger partial charge in [0.1, 0.15) is 5.82 Å². The first-order chi connectivity index (χ1) is 20.8. The van der Waals surface area contributed by atoms with Gasteiger partial charge in [-0.05, 0) is 61.9 Å². The first-order valence-corrected chi connectivity index (χ1v) is 13.3. The highest BCUT2D eigenvalue weighted by molar-refractivity contribution is 5.94. The Balaban J connectivity index is 0.000000707. The summed E-state index contributed by atoms with van der Waals surface area (Å²) in [4.78, 5) is 32.5. The maximum Gasteiger partial charge on any atom is 0.490 e. The monoisotopic (exact) mass is 653 g/mol. The Bertz CT molecular complexity index is 1470. The summed E-state index contributed by atoms with van der Waals surface area (Å²) in [7, 11) is 3.81. The van der Waals surface area contributed by atoms with E-state index in [1.165, 1.54) is 0 Å². The molecule has 45 heavy (non-hydrogen) atoms. The topological polar surface area (TPSA) is 107 Å². The normalized spacial score (nSPS) is 17.2. The zero-order chi connectivity index (χ0) is 33.7. The van der Waals surface area contributed by atoms with Gasteiger partial charge in [-0.1, -0.05) is 12.1 Å². The standard InChI is InChI=1S/C26H27F6N5O.C2HF3O2/c1-37(2)22-20-5-3-4-6-21(20)35-24(36-22)34-19-9-7-15(8-10-19)14-33-23(38)16-11-17(25(27,28)29)13-18(12-16)26(30,31)32;3-2(4,5)1(6)7/h3-6,11-13,15,19H,7-10,14H2,1-2H3,(H,33,38)(H,34,35,36);(H,6,7). The number of carbonyl (C=O) groups is 2. The van der Waals surface area contributed by atoms with E-state index in [-0.39, 0.29) is 24.6 Å². The highest BCUT2D eigenvalue weighted by Gasteiger charge is 2.39. The van der Waals surface area contributed by atoms with Crippen LogP contribution in [0.1, 0.15) is 47.2 Å². The number of anilines is 2. The van der Waals surface area contributed by atoms with E-state index in [9.17, 15) is 44.3 Å². The SMILES string of the molecule is CN(C)c1nc(NC2CCC(CNC(=O)c3cc(C(F)(F)F)cc(C(F)(F)F)c3)CC2)nc2ccccc12.O=C(O)C(F)(F)F. The summed E-state index contributed by atoms with van der Waals surface area (Å²) in [5.41, 5.74) is -2.89. The van der Waals surface area contributed by atoms with E-state index in [1.54, 1.807) is 0 Å². The van der Waals surface area contributed by atoms with Crippen molar-refractivity contribution in [2.24, 2.45) is 5.92 Å². The van der Waals surface area contributed by atoms with Crippen LogP contribution in [-0.2, 0) is 17.1 Å².